The van der Waals surface area contributed by atoms with Crippen molar-refractivity contribution in [1.82, 2.24) is 10.2 Å². The van der Waals surface area contributed by atoms with Crippen LogP contribution in [-0.4, -0.2) is 57.6 Å². The van der Waals surface area contributed by atoms with Crippen molar-refractivity contribution < 1.29 is 9.47 Å². The van der Waals surface area contributed by atoms with Crippen LogP contribution in [0.25, 0.3) is 0 Å². The van der Waals surface area contributed by atoms with Crippen molar-refractivity contribution in [3.8, 4) is 0 Å². The highest BCUT2D eigenvalue weighted by molar-refractivity contribution is 4.79. The summed E-state index contributed by atoms with van der Waals surface area (Å²) in [5, 5.41) is 3.52. The van der Waals surface area contributed by atoms with Crippen molar-refractivity contribution in [2.24, 2.45) is 5.92 Å². The van der Waals surface area contributed by atoms with Crippen molar-refractivity contribution in [2.75, 3.05) is 40.4 Å². The predicted octanol–water partition coefficient (Wildman–Crippen LogP) is 1.32. The fourth-order valence-electron chi connectivity index (χ4n) is 2.48. The first-order valence-electron chi connectivity index (χ1n) is 6.72. The minimum absolute atomic E-state index is 0.131. The van der Waals surface area contributed by atoms with Gasteiger partial charge in [-0.25, -0.2) is 0 Å². The van der Waals surface area contributed by atoms with E-state index in [0.29, 0.717) is 6.04 Å². The lowest BCUT2D eigenvalue weighted by molar-refractivity contribution is -0.100. The number of hydrogen-bond donors (Lipinski definition) is 1. The van der Waals surface area contributed by atoms with E-state index in [4.69, 9.17) is 9.47 Å². The summed E-state index contributed by atoms with van der Waals surface area (Å²) >= 11 is 0. The molecular weight excluding hydrogens is 216 g/mol. The van der Waals surface area contributed by atoms with Gasteiger partial charge >= 0.3 is 0 Å². The molecule has 4 heteroatoms. The summed E-state index contributed by atoms with van der Waals surface area (Å²) < 4.78 is 10.4. The Labute approximate surface area is 106 Å². The Balaban J connectivity index is 2.22. The number of likely N-dealkylation sites (tertiary alicyclic amines) is 1. The average molecular weight is 244 g/mol. The molecule has 0 radical (unpaired) electrons. The molecule has 0 aromatic heterocycles. The highest BCUT2D eigenvalue weighted by atomic mass is 16.7. The molecule has 102 valence electrons. The van der Waals surface area contributed by atoms with Crippen LogP contribution < -0.4 is 5.32 Å². The van der Waals surface area contributed by atoms with Gasteiger partial charge in [0.05, 0.1) is 0 Å². The van der Waals surface area contributed by atoms with E-state index in [9.17, 15) is 0 Å². The van der Waals surface area contributed by atoms with Crippen molar-refractivity contribution >= 4 is 0 Å². The van der Waals surface area contributed by atoms with Gasteiger partial charge in [0.25, 0.3) is 0 Å². The van der Waals surface area contributed by atoms with Crippen LogP contribution in [-0.2, 0) is 9.47 Å². The van der Waals surface area contributed by atoms with E-state index in [2.05, 4.69) is 24.1 Å². The molecule has 0 aliphatic carbocycles. The van der Waals surface area contributed by atoms with Gasteiger partial charge in [0.15, 0.2) is 6.29 Å². The molecular formula is C13H28N2O2. The first-order valence-corrected chi connectivity index (χ1v) is 6.72. The molecule has 1 heterocycles. The molecule has 1 unspecified atom stereocenters. The van der Waals surface area contributed by atoms with Gasteiger partial charge in [-0.3, -0.25) is 0 Å². The minimum atomic E-state index is -0.131. The molecule has 1 aliphatic heterocycles. The standard InChI is InChI=1S/C13H28N2O2/c1-5-15-8-6-12(7-9-15)11(2)14-10-13(16-3)17-4/h11-14H,5-10H2,1-4H3. The first-order chi connectivity index (χ1) is 8.21. The highest BCUT2D eigenvalue weighted by Crippen LogP contribution is 2.20. The Morgan fingerprint density at radius 1 is 1.24 bits per heavy atom. The van der Waals surface area contributed by atoms with Gasteiger partial charge in [0.1, 0.15) is 0 Å². The minimum Gasteiger partial charge on any atom is -0.355 e. The molecule has 0 bridgehead atoms. The van der Waals surface area contributed by atoms with Gasteiger partial charge in [-0.1, -0.05) is 6.92 Å². The lowest BCUT2D eigenvalue weighted by atomic mass is 9.90. The fraction of sp³-hybridized carbons (Fsp3) is 1.00. The summed E-state index contributed by atoms with van der Waals surface area (Å²) in [7, 11) is 3.36. The lowest BCUT2D eigenvalue weighted by Crippen LogP contribution is -2.44. The maximum absolute atomic E-state index is 5.18. The third-order valence-electron chi connectivity index (χ3n) is 3.92. The molecule has 0 aromatic rings. The van der Waals surface area contributed by atoms with E-state index in [0.717, 1.165) is 12.5 Å². The Bertz CT molecular complexity index is 190. The van der Waals surface area contributed by atoms with E-state index < -0.39 is 0 Å². The zero-order chi connectivity index (χ0) is 12.7. The van der Waals surface area contributed by atoms with Gasteiger partial charge in [-0.15, -0.1) is 0 Å². The summed E-state index contributed by atoms with van der Waals surface area (Å²) in [6.45, 7) is 8.95. The smallest absolute Gasteiger partial charge is 0.169 e. The molecule has 0 amide bonds. The molecule has 1 aliphatic rings. The van der Waals surface area contributed by atoms with E-state index in [1.807, 2.05) is 0 Å². The summed E-state index contributed by atoms with van der Waals surface area (Å²) in [6.07, 6.45) is 2.47. The molecule has 0 spiro atoms. The lowest BCUT2D eigenvalue weighted by Gasteiger charge is -2.35. The zero-order valence-electron chi connectivity index (χ0n) is 11.7. The molecule has 4 nitrogen and oxygen atoms in total. The Kier molecular flexibility index (Phi) is 7.04. The number of ether oxygens (including phenoxy) is 2. The zero-order valence-corrected chi connectivity index (χ0v) is 11.7. The molecule has 1 rings (SSSR count). The second-order valence-corrected chi connectivity index (χ2v) is 4.87. The van der Waals surface area contributed by atoms with Crippen LogP contribution in [0.15, 0.2) is 0 Å². The number of nitrogens with one attached hydrogen (secondary N) is 1. The summed E-state index contributed by atoms with van der Waals surface area (Å²) in [5.41, 5.74) is 0. The summed E-state index contributed by atoms with van der Waals surface area (Å²) in [5.74, 6) is 0.784. The summed E-state index contributed by atoms with van der Waals surface area (Å²) in [4.78, 5) is 2.52. The van der Waals surface area contributed by atoms with Crippen LogP contribution in [0.1, 0.15) is 26.7 Å². The monoisotopic (exact) mass is 244 g/mol. The second kappa shape index (κ2) is 8.03. The van der Waals surface area contributed by atoms with Crippen LogP contribution in [0, 0.1) is 5.92 Å². The maximum atomic E-state index is 5.18. The van der Waals surface area contributed by atoms with Crippen molar-refractivity contribution in [3.63, 3.8) is 0 Å². The van der Waals surface area contributed by atoms with Crippen LogP contribution in [0.5, 0.6) is 0 Å². The first kappa shape index (κ1) is 14.9. The number of rotatable bonds is 7. The molecule has 1 fully saturated rings. The van der Waals surface area contributed by atoms with Crippen molar-refractivity contribution in [2.45, 2.75) is 39.0 Å². The van der Waals surface area contributed by atoms with E-state index >= 15 is 0 Å². The second-order valence-electron chi connectivity index (χ2n) is 4.87. The normalized spacial score (nSPS) is 21.0. The SMILES string of the molecule is CCN1CCC(C(C)NCC(OC)OC)CC1. The maximum Gasteiger partial charge on any atom is 0.169 e. The molecule has 1 saturated heterocycles. The van der Waals surface area contributed by atoms with Crippen LogP contribution in [0.3, 0.4) is 0 Å². The molecule has 0 saturated carbocycles. The summed E-state index contributed by atoms with van der Waals surface area (Å²) in [6, 6.07) is 0.543. The van der Waals surface area contributed by atoms with Crippen LogP contribution >= 0.6 is 0 Å². The Morgan fingerprint density at radius 3 is 2.29 bits per heavy atom. The van der Waals surface area contributed by atoms with E-state index in [-0.39, 0.29) is 6.29 Å². The predicted molar refractivity (Wildman–Crippen MR) is 70.1 cm³/mol. The quantitative estimate of drug-likeness (QED) is 0.685. The third-order valence-corrected chi connectivity index (χ3v) is 3.92. The van der Waals surface area contributed by atoms with Crippen LogP contribution in [0.4, 0.5) is 0 Å². The molecule has 0 aromatic carbocycles. The number of piperidine rings is 1. The average Bonchev–Trinajstić information content (AvgIpc) is 2.39. The molecule has 1 atom stereocenters. The van der Waals surface area contributed by atoms with Gasteiger partial charge < -0.3 is 19.7 Å². The Morgan fingerprint density at radius 2 is 1.82 bits per heavy atom. The van der Waals surface area contributed by atoms with Crippen molar-refractivity contribution in [1.29, 1.82) is 0 Å². The number of methoxy groups -OCH3 is 2. The van der Waals surface area contributed by atoms with E-state index in [1.165, 1.54) is 32.5 Å². The number of nitrogens with zero attached hydrogens (tertiary/aromatic N) is 1. The molecule has 17 heavy (non-hydrogen) atoms. The third kappa shape index (κ3) is 4.92. The highest BCUT2D eigenvalue weighted by Gasteiger charge is 2.23. The van der Waals surface area contributed by atoms with E-state index in [1.54, 1.807) is 14.2 Å². The Hall–Kier alpha value is -0.160. The van der Waals surface area contributed by atoms with Crippen LogP contribution in [0.2, 0.25) is 0 Å². The largest absolute Gasteiger partial charge is 0.355 e. The van der Waals surface area contributed by atoms with Gasteiger partial charge in [-0.05, 0) is 45.3 Å². The van der Waals surface area contributed by atoms with Gasteiger partial charge in [0.2, 0.25) is 0 Å². The fourth-order valence-corrected chi connectivity index (χ4v) is 2.48. The van der Waals surface area contributed by atoms with Gasteiger partial charge in [-0.2, -0.15) is 0 Å². The topological polar surface area (TPSA) is 33.7 Å². The molecule has 1 N–H and O–H groups in total. The van der Waals surface area contributed by atoms with Gasteiger partial charge in [0, 0.05) is 26.8 Å². The van der Waals surface area contributed by atoms with Crippen molar-refractivity contribution in [3.05, 3.63) is 0 Å². The number of hydrogen-bond acceptors (Lipinski definition) is 4.